The van der Waals surface area contributed by atoms with Gasteiger partial charge >= 0.3 is 5.97 Å². The van der Waals surface area contributed by atoms with Gasteiger partial charge in [-0.1, -0.05) is 25.1 Å². The third-order valence-corrected chi connectivity index (χ3v) is 8.57. The van der Waals surface area contributed by atoms with Crippen LogP contribution in [0.2, 0.25) is 0 Å². The van der Waals surface area contributed by atoms with Crippen molar-refractivity contribution in [1.29, 1.82) is 0 Å². The van der Waals surface area contributed by atoms with E-state index in [-0.39, 0.29) is 28.6 Å². The van der Waals surface area contributed by atoms with Gasteiger partial charge in [0.05, 0.1) is 22.6 Å². The molecule has 1 saturated heterocycles. The van der Waals surface area contributed by atoms with Gasteiger partial charge in [0.2, 0.25) is 0 Å². The van der Waals surface area contributed by atoms with Crippen LogP contribution in [0.15, 0.2) is 60.7 Å². The third-order valence-electron chi connectivity index (χ3n) is 6.42. The summed E-state index contributed by atoms with van der Waals surface area (Å²) in [4.78, 5) is 11.7. The van der Waals surface area contributed by atoms with Gasteiger partial charge in [0, 0.05) is 27.7 Å². The lowest BCUT2D eigenvalue weighted by atomic mass is 9.84. The molecular weight excluding hydrogens is 457 g/mol. The number of hydrogen-bond donors (Lipinski definition) is 2. The molecule has 1 aromatic heterocycles. The van der Waals surface area contributed by atoms with E-state index < -0.39 is 21.2 Å². The smallest absolute Gasteiger partial charge is 0.335 e. The molecule has 174 valence electrons. The summed E-state index contributed by atoms with van der Waals surface area (Å²) in [7, 11) is -3.25. The predicted octanol–water partition coefficient (Wildman–Crippen LogP) is 4.83. The van der Waals surface area contributed by atoms with Crippen LogP contribution in [0.25, 0.3) is 27.7 Å². The Kier molecular flexibility index (Phi) is 4.84. The molecule has 0 spiro atoms. The highest BCUT2D eigenvalue weighted by atomic mass is 32.2. The number of rotatable bonds is 4. The van der Waals surface area contributed by atoms with E-state index in [1.54, 1.807) is 43.3 Å². The Morgan fingerprint density at radius 2 is 1.76 bits per heavy atom. The van der Waals surface area contributed by atoms with E-state index in [0.717, 1.165) is 0 Å². The van der Waals surface area contributed by atoms with Crippen LogP contribution in [-0.4, -0.2) is 40.7 Å². The van der Waals surface area contributed by atoms with Crippen LogP contribution in [0, 0.1) is 12.7 Å². The predicted molar refractivity (Wildman–Crippen MR) is 128 cm³/mol. The molecule has 3 aromatic carbocycles. The number of carboxylic acid groups (broad SMARTS) is 1. The van der Waals surface area contributed by atoms with Crippen molar-refractivity contribution >= 4 is 26.7 Å². The fourth-order valence-electron chi connectivity index (χ4n) is 5.08. The van der Waals surface area contributed by atoms with Crippen LogP contribution in [0.3, 0.4) is 0 Å². The summed E-state index contributed by atoms with van der Waals surface area (Å²) in [6.45, 7) is 3.49. The number of aryl methyl sites for hydroxylation is 1. The van der Waals surface area contributed by atoms with E-state index in [1.807, 2.05) is 11.5 Å². The zero-order valence-electron chi connectivity index (χ0n) is 18.5. The van der Waals surface area contributed by atoms with Crippen LogP contribution in [-0.2, 0) is 15.3 Å². The second kappa shape index (κ2) is 7.43. The average Bonchev–Trinajstić information content (AvgIpc) is 3.11. The summed E-state index contributed by atoms with van der Waals surface area (Å²) in [5.74, 6) is -1.66. The van der Waals surface area contributed by atoms with E-state index in [9.17, 15) is 27.8 Å². The van der Waals surface area contributed by atoms with Crippen molar-refractivity contribution in [2.24, 2.45) is 0 Å². The molecule has 1 fully saturated rings. The highest BCUT2D eigenvalue weighted by Gasteiger charge is 2.50. The second-order valence-corrected chi connectivity index (χ2v) is 11.2. The standard InChI is InChI=1S/C26H22FNO5S/c1-15-11-18(9-10-19(15)27)28-20-7-4-8-21(29)23(20)22(16-5-3-6-17(12-16)25(30)31)24(28)26(2)13-34(32,33)14-26/h3-12,29H,13-14H2,1-2H3,(H,30,31). The van der Waals surface area contributed by atoms with Crippen molar-refractivity contribution < 1.29 is 27.8 Å². The Hall–Kier alpha value is -3.65. The van der Waals surface area contributed by atoms with Gasteiger partial charge in [-0.2, -0.15) is 0 Å². The lowest BCUT2D eigenvalue weighted by Crippen LogP contribution is -2.51. The number of aromatic carboxylic acids is 1. The first-order valence-corrected chi connectivity index (χ1v) is 12.5. The first-order chi connectivity index (χ1) is 16.0. The number of fused-ring (bicyclic) bond motifs is 1. The van der Waals surface area contributed by atoms with E-state index in [0.29, 0.717) is 39.0 Å². The molecule has 4 aromatic rings. The topological polar surface area (TPSA) is 96.6 Å². The highest BCUT2D eigenvalue weighted by Crippen LogP contribution is 2.49. The second-order valence-electron chi connectivity index (χ2n) is 9.14. The minimum atomic E-state index is -3.25. The largest absolute Gasteiger partial charge is 0.507 e. The molecule has 1 aliphatic heterocycles. The molecule has 0 amide bonds. The van der Waals surface area contributed by atoms with Gasteiger partial charge in [0.15, 0.2) is 9.84 Å². The first-order valence-electron chi connectivity index (χ1n) is 10.7. The summed E-state index contributed by atoms with van der Waals surface area (Å²) in [6.07, 6.45) is 0. The first kappa shape index (κ1) is 22.2. The number of aromatic nitrogens is 1. The number of sulfone groups is 1. The van der Waals surface area contributed by atoms with Gasteiger partial charge in [-0.05, 0) is 60.5 Å². The molecule has 2 heterocycles. The van der Waals surface area contributed by atoms with Gasteiger partial charge in [0.1, 0.15) is 11.6 Å². The molecule has 6 nitrogen and oxygen atoms in total. The molecule has 2 N–H and O–H groups in total. The van der Waals surface area contributed by atoms with Crippen LogP contribution in [0.4, 0.5) is 4.39 Å². The number of carbonyl (C=O) groups is 1. The molecule has 1 aliphatic rings. The highest BCUT2D eigenvalue weighted by molar-refractivity contribution is 7.93. The number of hydrogen-bond acceptors (Lipinski definition) is 4. The Bertz CT molecular complexity index is 1590. The molecule has 0 radical (unpaired) electrons. The number of aromatic hydroxyl groups is 1. The number of phenols is 1. The summed E-state index contributed by atoms with van der Waals surface area (Å²) in [5.41, 5.74) is 2.67. The Balaban J connectivity index is 1.95. The zero-order valence-corrected chi connectivity index (χ0v) is 19.4. The SMILES string of the molecule is Cc1cc(-n2c(C3(C)CS(=O)(=O)C3)c(-c3cccc(C(=O)O)c3)c3c(O)cccc32)ccc1F. The quantitative estimate of drug-likeness (QED) is 0.437. The van der Waals surface area contributed by atoms with Gasteiger partial charge < -0.3 is 14.8 Å². The van der Waals surface area contributed by atoms with E-state index in [1.165, 1.54) is 24.3 Å². The fraction of sp³-hybridized carbons (Fsp3) is 0.192. The van der Waals surface area contributed by atoms with Crippen molar-refractivity contribution in [2.75, 3.05) is 11.5 Å². The lowest BCUT2D eigenvalue weighted by molar-refractivity contribution is 0.0697. The fourth-order valence-corrected chi connectivity index (χ4v) is 7.21. The monoisotopic (exact) mass is 479 g/mol. The van der Waals surface area contributed by atoms with E-state index >= 15 is 0 Å². The molecule has 0 aliphatic carbocycles. The van der Waals surface area contributed by atoms with Crippen molar-refractivity contribution in [2.45, 2.75) is 19.3 Å². The Morgan fingerprint density at radius 3 is 2.41 bits per heavy atom. The maximum absolute atomic E-state index is 14.1. The van der Waals surface area contributed by atoms with Crippen molar-refractivity contribution in [3.05, 3.63) is 83.3 Å². The van der Waals surface area contributed by atoms with E-state index in [4.69, 9.17) is 0 Å². The van der Waals surface area contributed by atoms with Crippen LogP contribution >= 0.6 is 0 Å². The van der Waals surface area contributed by atoms with Crippen molar-refractivity contribution in [1.82, 2.24) is 4.57 Å². The van der Waals surface area contributed by atoms with E-state index in [2.05, 4.69) is 0 Å². The molecule has 0 bridgehead atoms. The summed E-state index contributed by atoms with van der Waals surface area (Å²) >= 11 is 0. The number of halogens is 1. The van der Waals surface area contributed by atoms with Crippen LogP contribution < -0.4 is 0 Å². The summed E-state index contributed by atoms with van der Waals surface area (Å²) < 4.78 is 40.6. The molecule has 8 heteroatoms. The number of carboxylic acids is 1. The minimum Gasteiger partial charge on any atom is -0.507 e. The minimum absolute atomic E-state index is 0.0159. The number of phenolic OH excluding ortho intramolecular Hbond substituents is 1. The van der Waals surface area contributed by atoms with Crippen LogP contribution in [0.5, 0.6) is 5.75 Å². The molecular formula is C26H22FNO5S. The van der Waals surface area contributed by atoms with Gasteiger partial charge in [-0.15, -0.1) is 0 Å². The van der Waals surface area contributed by atoms with Gasteiger partial charge in [-0.3, -0.25) is 0 Å². The maximum atomic E-state index is 14.1. The molecule has 0 unspecified atom stereocenters. The normalized spacial score (nSPS) is 16.3. The number of benzene rings is 3. The zero-order chi connectivity index (χ0) is 24.4. The molecule has 34 heavy (non-hydrogen) atoms. The third kappa shape index (κ3) is 3.37. The summed E-state index contributed by atoms with van der Waals surface area (Å²) in [5, 5.41) is 21.0. The van der Waals surface area contributed by atoms with Gasteiger partial charge in [-0.25, -0.2) is 17.6 Å². The van der Waals surface area contributed by atoms with Crippen molar-refractivity contribution in [3.63, 3.8) is 0 Å². The maximum Gasteiger partial charge on any atom is 0.335 e. The molecule has 0 atom stereocenters. The molecule has 5 rings (SSSR count). The summed E-state index contributed by atoms with van der Waals surface area (Å²) in [6, 6.07) is 16.0. The van der Waals surface area contributed by atoms with Crippen LogP contribution in [0.1, 0.15) is 28.5 Å². The van der Waals surface area contributed by atoms with Gasteiger partial charge in [0.25, 0.3) is 0 Å². The number of nitrogens with zero attached hydrogens (tertiary/aromatic N) is 1. The average molecular weight is 480 g/mol. The Labute approximate surface area is 195 Å². The lowest BCUT2D eigenvalue weighted by Gasteiger charge is -2.39. The van der Waals surface area contributed by atoms with Crippen molar-refractivity contribution in [3.8, 4) is 22.6 Å². The molecule has 0 saturated carbocycles. The Morgan fingerprint density at radius 1 is 1.06 bits per heavy atom.